The van der Waals surface area contributed by atoms with Gasteiger partial charge in [-0.15, -0.1) is 0 Å². The molecule has 0 amide bonds. The van der Waals surface area contributed by atoms with Crippen LogP contribution in [0.4, 0.5) is 0 Å². The minimum Gasteiger partial charge on any atom is -0.257 e. The molecule has 1 aromatic heterocycles. The molecule has 0 atom stereocenters. The van der Waals surface area contributed by atoms with Gasteiger partial charge < -0.3 is 0 Å². The average molecular weight is 190 g/mol. The maximum atomic E-state index is 4.72. The highest BCUT2D eigenvalue weighted by atomic mass is 14.8. The number of aryl methyl sites for hydroxylation is 2. The molecule has 2 rings (SSSR count). The van der Waals surface area contributed by atoms with Crippen molar-refractivity contribution in [2.75, 3.05) is 0 Å². The Morgan fingerprint density at radius 2 is 1.71 bits per heavy atom. The summed E-state index contributed by atoms with van der Waals surface area (Å²) in [6.07, 6.45) is 6.73. The molecular weight excluding hydrogens is 172 g/mol. The van der Waals surface area contributed by atoms with Crippen molar-refractivity contribution in [3.8, 4) is 0 Å². The first-order valence-corrected chi connectivity index (χ1v) is 5.42. The molecule has 2 nitrogen and oxygen atoms in total. The summed E-state index contributed by atoms with van der Waals surface area (Å²) in [5, 5.41) is 0. The van der Waals surface area contributed by atoms with Gasteiger partial charge in [0.05, 0.1) is 17.1 Å². The van der Waals surface area contributed by atoms with Crippen LogP contribution in [0.25, 0.3) is 0 Å². The number of fused-ring (bicyclic) bond motifs is 1. The fourth-order valence-corrected chi connectivity index (χ4v) is 1.81. The van der Waals surface area contributed by atoms with Crippen molar-refractivity contribution >= 4 is 0 Å². The standard InChI is InChI=1S/C12H18N2/c1-12(2,3)11-8-13-9-6-4-5-7-10(9)14-11/h8H,4-7H2,1-3H3. The van der Waals surface area contributed by atoms with Crippen LogP contribution in [0.15, 0.2) is 6.20 Å². The third-order valence-corrected chi connectivity index (χ3v) is 2.78. The lowest BCUT2D eigenvalue weighted by Gasteiger charge is -2.21. The molecule has 0 bridgehead atoms. The summed E-state index contributed by atoms with van der Waals surface area (Å²) >= 11 is 0. The molecule has 1 heterocycles. The molecule has 1 aromatic rings. The molecule has 1 aliphatic rings. The van der Waals surface area contributed by atoms with Crippen LogP contribution in [0.2, 0.25) is 0 Å². The summed E-state index contributed by atoms with van der Waals surface area (Å²) in [5.41, 5.74) is 3.71. The Bertz CT molecular complexity index is 337. The molecule has 0 aromatic carbocycles. The molecule has 0 fully saturated rings. The number of rotatable bonds is 0. The Labute approximate surface area is 85.8 Å². The summed E-state index contributed by atoms with van der Waals surface area (Å²) in [4.78, 5) is 9.25. The maximum Gasteiger partial charge on any atom is 0.0643 e. The van der Waals surface area contributed by atoms with Crippen molar-refractivity contribution in [2.24, 2.45) is 0 Å². The van der Waals surface area contributed by atoms with E-state index in [1.807, 2.05) is 6.20 Å². The van der Waals surface area contributed by atoms with Crippen LogP contribution in [-0.2, 0) is 18.3 Å². The lowest BCUT2D eigenvalue weighted by atomic mass is 9.91. The van der Waals surface area contributed by atoms with Gasteiger partial charge in [0.25, 0.3) is 0 Å². The molecular formula is C12H18N2. The van der Waals surface area contributed by atoms with Gasteiger partial charge in [0, 0.05) is 11.6 Å². The van der Waals surface area contributed by atoms with E-state index in [9.17, 15) is 0 Å². The molecule has 0 radical (unpaired) electrons. The number of hydrogen-bond donors (Lipinski definition) is 0. The third-order valence-electron chi connectivity index (χ3n) is 2.78. The molecule has 0 spiro atoms. The normalized spacial score (nSPS) is 16.5. The molecule has 76 valence electrons. The Morgan fingerprint density at radius 3 is 2.36 bits per heavy atom. The van der Waals surface area contributed by atoms with Crippen LogP contribution in [0.1, 0.15) is 50.7 Å². The first-order chi connectivity index (χ1) is 6.57. The second kappa shape index (κ2) is 3.34. The minimum absolute atomic E-state index is 0.124. The lowest BCUT2D eigenvalue weighted by molar-refractivity contribution is 0.549. The highest BCUT2D eigenvalue weighted by molar-refractivity contribution is 5.20. The fourth-order valence-electron chi connectivity index (χ4n) is 1.81. The zero-order valence-corrected chi connectivity index (χ0v) is 9.30. The van der Waals surface area contributed by atoms with Gasteiger partial charge in [-0.1, -0.05) is 20.8 Å². The van der Waals surface area contributed by atoms with Gasteiger partial charge in [0.15, 0.2) is 0 Å². The first-order valence-electron chi connectivity index (χ1n) is 5.42. The number of hydrogen-bond acceptors (Lipinski definition) is 2. The number of nitrogens with zero attached hydrogens (tertiary/aromatic N) is 2. The van der Waals surface area contributed by atoms with E-state index in [4.69, 9.17) is 4.98 Å². The molecule has 0 saturated heterocycles. The van der Waals surface area contributed by atoms with Crippen molar-refractivity contribution in [3.05, 3.63) is 23.3 Å². The van der Waals surface area contributed by atoms with E-state index in [0.717, 1.165) is 18.5 Å². The zero-order chi connectivity index (χ0) is 10.2. The van der Waals surface area contributed by atoms with Crippen molar-refractivity contribution in [3.63, 3.8) is 0 Å². The Balaban J connectivity index is 2.39. The van der Waals surface area contributed by atoms with Gasteiger partial charge in [-0.2, -0.15) is 0 Å². The van der Waals surface area contributed by atoms with Gasteiger partial charge >= 0.3 is 0 Å². The summed E-state index contributed by atoms with van der Waals surface area (Å²) in [7, 11) is 0. The molecule has 0 unspecified atom stereocenters. The number of aromatic nitrogens is 2. The fraction of sp³-hybridized carbons (Fsp3) is 0.667. The smallest absolute Gasteiger partial charge is 0.0643 e. The third kappa shape index (κ3) is 1.79. The Morgan fingerprint density at radius 1 is 1.07 bits per heavy atom. The molecule has 14 heavy (non-hydrogen) atoms. The SMILES string of the molecule is CC(C)(C)c1cnc2c(n1)CCCC2. The highest BCUT2D eigenvalue weighted by Gasteiger charge is 2.19. The predicted molar refractivity (Wildman–Crippen MR) is 57.4 cm³/mol. The van der Waals surface area contributed by atoms with Gasteiger partial charge in [0.1, 0.15) is 0 Å². The maximum absolute atomic E-state index is 4.72. The van der Waals surface area contributed by atoms with Crippen LogP contribution in [0.3, 0.4) is 0 Å². The summed E-state index contributed by atoms with van der Waals surface area (Å²) < 4.78 is 0. The molecule has 1 aliphatic carbocycles. The average Bonchev–Trinajstić information content (AvgIpc) is 2.16. The van der Waals surface area contributed by atoms with Crippen molar-refractivity contribution < 1.29 is 0 Å². The van der Waals surface area contributed by atoms with E-state index in [-0.39, 0.29) is 5.41 Å². The van der Waals surface area contributed by atoms with E-state index in [1.165, 1.54) is 24.2 Å². The van der Waals surface area contributed by atoms with E-state index in [0.29, 0.717) is 0 Å². The summed E-state index contributed by atoms with van der Waals surface area (Å²) in [6, 6.07) is 0. The second-order valence-electron chi connectivity index (χ2n) is 5.11. The van der Waals surface area contributed by atoms with E-state index >= 15 is 0 Å². The lowest BCUT2D eigenvalue weighted by Crippen LogP contribution is -2.18. The van der Waals surface area contributed by atoms with Gasteiger partial charge in [-0.05, 0) is 25.7 Å². The Kier molecular flexibility index (Phi) is 2.30. The van der Waals surface area contributed by atoms with Crippen LogP contribution in [0.5, 0.6) is 0 Å². The van der Waals surface area contributed by atoms with Crippen LogP contribution < -0.4 is 0 Å². The monoisotopic (exact) mass is 190 g/mol. The molecule has 0 aliphatic heterocycles. The van der Waals surface area contributed by atoms with E-state index in [2.05, 4.69) is 25.8 Å². The topological polar surface area (TPSA) is 25.8 Å². The Hall–Kier alpha value is -0.920. The van der Waals surface area contributed by atoms with Gasteiger partial charge in [0.2, 0.25) is 0 Å². The molecule has 2 heteroatoms. The first kappa shape index (κ1) is 9.63. The van der Waals surface area contributed by atoms with Crippen LogP contribution in [-0.4, -0.2) is 9.97 Å². The second-order valence-corrected chi connectivity index (χ2v) is 5.11. The molecule has 0 N–H and O–H groups in total. The van der Waals surface area contributed by atoms with E-state index in [1.54, 1.807) is 0 Å². The molecule has 0 saturated carbocycles. The largest absolute Gasteiger partial charge is 0.257 e. The van der Waals surface area contributed by atoms with Gasteiger partial charge in [-0.3, -0.25) is 9.97 Å². The highest BCUT2D eigenvalue weighted by Crippen LogP contribution is 2.23. The van der Waals surface area contributed by atoms with Crippen molar-refractivity contribution in [1.82, 2.24) is 9.97 Å². The van der Waals surface area contributed by atoms with E-state index < -0.39 is 0 Å². The van der Waals surface area contributed by atoms with Crippen molar-refractivity contribution in [1.29, 1.82) is 0 Å². The van der Waals surface area contributed by atoms with Gasteiger partial charge in [-0.25, -0.2) is 0 Å². The van der Waals surface area contributed by atoms with Crippen LogP contribution >= 0.6 is 0 Å². The minimum atomic E-state index is 0.124. The summed E-state index contributed by atoms with van der Waals surface area (Å²) in [5.74, 6) is 0. The van der Waals surface area contributed by atoms with Crippen molar-refractivity contribution in [2.45, 2.75) is 51.9 Å². The quantitative estimate of drug-likeness (QED) is 0.628. The zero-order valence-electron chi connectivity index (χ0n) is 9.30. The summed E-state index contributed by atoms with van der Waals surface area (Å²) in [6.45, 7) is 6.56. The predicted octanol–water partition coefficient (Wildman–Crippen LogP) is 2.65. The van der Waals surface area contributed by atoms with Crippen LogP contribution in [0, 0.1) is 0 Å².